The predicted molar refractivity (Wildman–Crippen MR) is 113 cm³/mol. The molecule has 0 aliphatic carbocycles. The lowest BCUT2D eigenvalue weighted by Crippen LogP contribution is -2.54. The molecule has 32 heavy (non-hydrogen) atoms. The molecule has 0 saturated heterocycles. The van der Waals surface area contributed by atoms with Gasteiger partial charge in [0.2, 0.25) is 0 Å². The number of amides is 2. The third-order valence-electron chi connectivity index (χ3n) is 5.48. The normalized spacial score (nSPS) is 21.9. The summed E-state index contributed by atoms with van der Waals surface area (Å²) in [5.41, 5.74) is 6.07. The van der Waals surface area contributed by atoms with E-state index in [4.69, 9.17) is 15.3 Å². The van der Waals surface area contributed by atoms with Gasteiger partial charge in [-0.2, -0.15) is 10.1 Å². The van der Waals surface area contributed by atoms with Crippen molar-refractivity contribution in [3.05, 3.63) is 65.0 Å². The van der Waals surface area contributed by atoms with Crippen LogP contribution in [0.4, 0.5) is 18.0 Å². The molecule has 2 amide bonds. The fourth-order valence-corrected chi connectivity index (χ4v) is 5.39. The molecule has 0 radical (unpaired) electrons. The van der Waals surface area contributed by atoms with Crippen molar-refractivity contribution in [2.45, 2.75) is 11.3 Å². The summed E-state index contributed by atoms with van der Waals surface area (Å²) < 4.78 is 48.8. The first-order valence-corrected chi connectivity index (χ1v) is 10.6. The number of hydrogen-bond acceptors (Lipinski definition) is 6. The third-order valence-corrected chi connectivity index (χ3v) is 7.01. The Hall–Kier alpha value is -2.76. The molecule has 11 heteroatoms. The van der Waals surface area contributed by atoms with Crippen LogP contribution < -0.4 is 10.5 Å². The number of carbonyl (C=O) groups excluding carboxylic acids is 1. The van der Waals surface area contributed by atoms with Crippen molar-refractivity contribution < 1.29 is 27.5 Å². The van der Waals surface area contributed by atoms with E-state index in [9.17, 15) is 18.0 Å². The molecule has 2 N–H and O–H groups in total. The number of hydrogen-bond donors (Lipinski definition) is 1. The molecule has 2 heterocycles. The quantitative estimate of drug-likeness (QED) is 0.696. The van der Waals surface area contributed by atoms with Gasteiger partial charge in [-0.1, -0.05) is 11.8 Å². The Balaban J connectivity index is 1.94. The maximum absolute atomic E-state index is 14.6. The van der Waals surface area contributed by atoms with Gasteiger partial charge in [0, 0.05) is 24.1 Å². The standard InChI is InChI=1S/C21H21F3N4O3S/c1-27(30-2)20(29)28-21(32-19(26-28)15-9-13(22)3-5-17(15)24)12(7-8-25)11-31-18-6-4-14(23)10-16(18)21/h3-6,9-10,12H,7-8,11,25H2,1-2H3/t12-,21-/m1/s1. The number of rotatable bonds is 4. The molecule has 0 fully saturated rings. The molecular formula is C21H21F3N4O3S. The Morgan fingerprint density at radius 2 is 2.03 bits per heavy atom. The third kappa shape index (κ3) is 3.59. The average Bonchev–Trinajstić information content (AvgIpc) is 3.17. The van der Waals surface area contributed by atoms with Gasteiger partial charge in [-0.15, -0.1) is 0 Å². The van der Waals surface area contributed by atoms with Gasteiger partial charge in [0.15, 0.2) is 4.87 Å². The van der Waals surface area contributed by atoms with Crippen LogP contribution >= 0.6 is 11.8 Å². The van der Waals surface area contributed by atoms with Crippen molar-refractivity contribution in [2.24, 2.45) is 16.8 Å². The summed E-state index contributed by atoms with van der Waals surface area (Å²) >= 11 is 1.04. The number of hydrazone groups is 1. The summed E-state index contributed by atoms with van der Waals surface area (Å²) in [6, 6.07) is 6.29. The number of nitrogens with two attached hydrogens (primary N) is 1. The highest BCUT2D eigenvalue weighted by molar-refractivity contribution is 8.15. The fourth-order valence-electron chi connectivity index (χ4n) is 3.88. The topological polar surface area (TPSA) is 80.4 Å². The predicted octanol–water partition coefficient (Wildman–Crippen LogP) is 3.64. The zero-order chi connectivity index (χ0) is 23.0. The van der Waals surface area contributed by atoms with E-state index in [0.717, 1.165) is 40.0 Å². The molecule has 2 aromatic carbocycles. The van der Waals surface area contributed by atoms with Gasteiger partial charge in [0.1, 0.15) is 28.2 Å². The number of benzene rings is 2. The Bertz CT molecular complexity index is 1090. The van der Waals surface area contributed by atoms with Crippen molar-refractivity contribution in [3.63, 3.8) is 0 Å². The van der Waals surface area contributed by atoms with Gasteiger partial charge in [0.25, 0.3) is 0 Å². The molecule has 0 bridgehead atoms. The van der Waals surface area contributed by atoms with Crippen LogP contribution in [0.2, 0.25) is 0 Å². The first kappa shape index (κ1) is 22.4. The summed E-state index contributed by atoms with van der Waals surface area (Å²) in [4.78, 5) is 17.0. The van der Waals surface area contributed by atoms with Gasteiger partial charge in [0.05, 0.1) is 13.7 Å². The molecule has 7 nitrogen and oxygen atoms in total. The highest BCUT2D eigenvalue weighted by atomic mass is 32.2. The SMILES string of the molecule is CON(C)C(=O)N1N=C(c2cc(F)ccc2F)S[C@]12c1cc(F)ccc1OC[C@H]2CCN. The summed E-state index contributed by atoms with van der Waals surface area (Å²) in [6.45, 7) is 0.421. The van der Waals surface area contributed by atoms with Crippen LogP contribution in [-0.2, 0) is 9.71 Å². The van der Waals surface area contributed by atoms with E-state index >= 15 is 0 Å². The van der Waals surface area contributed by atoms with Gasteiger partial charge in [-0.25, -0.2) is 23.0 Å². The lowest BCUT2D eigenvalue weighted by atomic mass is 9.86. The Morgan fingerprint density at radius 1 is 1.31 bits per heavy atom. The van der Waals surface area contributed by atoms with E-state index < -0.39 is 34.3 Å². The summed E-state index contributed by atoms with van der Waals surface area (Å²) in [5, 5.41) is 6.53. The van der Waals surface area contributed by atoms with E-state index in [1.54, 1.807) is 0 Å². The lowest BCUT2D eigenvalue weighted by Gasteiger charge is -2.45. The molecular weight excluding hydrogens is 445 g/mol. The number of carbonyl (C=O) groups is 1. The highest BCUT2D eigenvalue weighted by Gasteiger charge is 2.58. The molecule has 0 saturated carbocycles. The van der Waals surface area contributed by atoms with Crippen LogP contribution in [0.5, 0.6) is 5.75 Å². The van der Waals surface area contributed by atoms with Crippen LogP contribution in [-0.4, -0.2) is 48.5 Å². The van der Waals surface area contributed by atoms with Crippen molar-refractivity contribution in [2.75, 3.05) is 27.3 Å². The second kappa shape index (κ2) is 8.64. The number of hydroxylamine groups is 2. The van der Waals surface area contributed by atoms with Crippen molar-refractivity contribution in [1.82, 2.24) is 10.1 Å². The molecule has 0 aromatic heterocycles. The maximum atomic E-state index is 14.6. The smallest absolute Gasteiger partial charge is 0.365 e. The number of thioether (sulfide) groups is 1. The summed E-state index contributed by atoms with van der Waals surface area (Å²) in [6.07, 6.45) is 0.401. The van der Waals surface area contributed by atoms with E-state index in [-0.39, 0.29) is 23.8 Å². The minimum absolute atomic E-state index is 0.0685. The van der Waals surface area contributed by atoms with Gasteiger partial charge < -0.3 is 10.5 Å². The van der Waals surface area contributed by atoms with Gasteiger partial charge >= 0.3 is 6.03 Å². The first-order chi connectivity index (χ1) is 15.3. The van der Waals surface area contributed by atoms with Gasteiger partial charge in [-0.05, 0) is 49.4 Å². The van der Waals surface area contributed by atoms with Gasteiger partial charge in [-0.3, -0.25) is 4.84 Å². The number of urea groups is 1. The molecule has 2 aromatic rings. The lowest BCUT2D eigenvalue weighted by molar-refractivity contribution is -0.0845. The van der Waals surface area contributed by atoms with Crippen LogP contribution in [0.3, 0.4) is 0 Å². The van der Waals surface area contributed by atoms with Crippen molar-refractivity contribution >= 4 is 22.8 Å². The molecule has 2 aliphatic heterocycles. The largest absolute Gasteiger partial charge is 0.493 e. The molecule has 1 spiro atoms. The van der Waals surface area contributed by atoms with Crippen LogP contribution in [0.1, 0.15) is 17.5 Å². The van der Waals surface area contributed by atoms with Crippen LogP contribution in [0.15, 0.2) is 41.5 Å². The molecule has 170 valence electrons. The molecule has 2 aliphatic rings. The molecule has 2 atom stereocenters. The average molecular weight is 466 g/mol. The Morgan fingerprint density at radius 3 is 2.75 bits per heavy atom. The molecule has 0 unspecified atom stereocenters. The van der Waals surface area contributed by atoms with E-state index in [1.807, 2.05) is 0 Å². The second-order valence-corrected chi connectivity index (χ2v) is 8.54. The minimum atomic E-state index is -1.31. The number of fused-ring (bicyclic) bond motifs is 2. The molecule has 4 rings (SSSR count). The first-order valence-electron chi connectivity index (χ1n) is 9.79. The van der Waals surface area contributed by atoms with Crippen molar-refractivity contribution in [1.29, 1.82) is 0 Å². The van der Waals surface area contributed by atoms with E-state index in [1.165, 1.54) is 32.4 Å². The Kier molecular flexibility index (Phi) is 6.06. The highest BCUT2D eigenvalue weighted by Crippen LogP contribution is 2.57. The zero-order valence-electron chi connectivity index (χ0n) is 17.3. The fraction of sp³-hybridized carbons (Fsp3) is 0.333. The zero-order valence-corrected chi connectivity index (χ0v) is 18.2. The number of halogens is 3. The van der Waals surface area contributed by atoms with E-state index in [2.05, 4.69) is 5.10 Å². The van der Waals surface area contributed by atoms with Crippen LogP contribution in [0, 0.1) is 23.4 Å². The number of ether oxygens (including phenoxy) is 1. The summed E-state index contributed by atoms with van der Waals surface area (Å²) in [5.74, 6) is -1.97. The Labute approximate surface area is 186 Å². The summed E-state index contributed by atoms with van der Waals surface area (Å²) in [7, 11) is 2.69. The number of nitrogens with zero attached hydrogens (tertiary/aromatic N) is 3. The monoisotopic (exact) mass is 466 g/mol. The van der Waals surface area contributed by atoms with Crippen LogP contribution in [0.25, 0.3) is 0 Å². The maximum Gasteiger partial charge on any atom is 0.365 e. The van der Waals surface area contributed by atoms with Crippen molar-refractivity contribution in [3.8, 4) is 5.75 Å². The minimum Gasteiger partial charge on any atom is -0.493 e. The second-order valence-electron chi connectivity index (χ2n) is 7.33. The van der Waals surface area contributed by atoms with E-state index in [0.29, 0.717) is 17.7 Å².